The van der Waals surface area contributed by atoms with Gasteiger partial charge in [-0.3, -0.25) is 4.79 Å². The molecule has 2 nitrogen and oxygen atoms in total. The molecule has 0 unspecified atom stereocenters. The molecule has 0 heterocycles. The third-order valence-corrected chi connectivity index (χ3v) is 4.24. The van der Waals surface area contributed by atoms with Crippen LogP contribution in [-0.4, -0.2) is 17.0 Å². The first-order valence-electron chi connectivity index (χ1n) is 6.12. The van der Waals surface area contributed by atoms with E-state index in [4.69, 9.17) is 0 Å². The molecule has 0 saturated heterocycles. The summed E-state index contributed by atoms with van der Waals surface area (Å²) in [6.07, 6.45) is 3.26. The van der Waals surface area contributed by atoms with Crippen molar-refractivity contribution in [2.24, 2.45) is 5.41 Å². The predicted molar refractivity (Wildman–Crippen MR) is 61.3 cm³/mol. The second-order valence-electron chi connectivity index (χ2n) is 5.32. The summed E-state index contributed by atoms with van der Waals surface area (Å²) < 4.78 is 13.2. The maximum atomic E-state index is 13.2. The zero-order chi connectivity index (χ0) is 12.0. The van der Waals surface area contributed by atoms with Gasteiger partial charge in [0.15, 0.2) is 5.78 Å². The third-order valence-electron chi connectivity index (χ3n) is 4.24. The Morgan fingerprint density at radius 2 is 2.00 bits per heavy atom. The number of carbonyl (C=O) groups is 1. The van der Waals surface area contributed by atoms with Crippen LogP contribution in [0.1, 0.15) is 41.6 Å². The fraction of sp³-hybridized carbons (Fsp3) is 0.500. The Bertz CT molecular complexity index is 473. The van der Waals surface area contributed by atoms with Crippen molar-refractivity contribution in [3.8, 4) is 0 Å². The molecule has 2 aliphatic carbocycles. The minimum Gasteiger partial charge on any atom is -0.393 e. The summed E-state index contributed by atoms with van der Waals surface area (Å²) in [7, 11) is 0. The van der Waals surface area contributed by atoms with Gasteiger partial charge in [0.25, 0.3) is 0 Å². The van der Waals surface area contributed by atoms with E-state index in [0.717, 1.165) is 18.4 Å². The van der Waals surface area contributed by atoms with Crippen molar-refractivity contribution in [2.75, 3.05) is 0 Å². The minimum absolute atomic E-state index is 0.0823. The molecular formula is C14H15FO2. The first-order chi connectivity index (χ1) is 8.11. The van der Waals surface area contributed by atoms with Crippen LogP contribution in [0, 0.1) is 11.2 Å². The highest BCUT2D eigenvalue weighted by Gasteiger charge is 2.47. The number of ketones is 1. The highest BCUT2D eigenvalue weighted by atomic mass is 19.1. The van der Waals surface area contributed by atoms with E-state index < -0.39 is 0 Å². The summed E-state index contributed by atoms with van der Waals surface area (Å²) in [6.45, 7) is 0. The number of benzene rings is 1. The lowest BCUT2D eigenvalue weighted by Gasteiger charge is -2.33. The topological polar surface area (TPSA) is 37.3 Å². The van der Waals surface area contributed by atoms with E-state index in [2.05, 4.69) is 0 Å². The molecule has 1 aromatic carbocycles. The molecule has 3 heteroatoms. The quantitative estimate of drug-likeness (QED) is 0.748. The summed E-state index contributed by atoms with van der Waals surface area (Å²) in [6, 6.07) is 4.50. The minimum atomic E-state index is -0.352. The van der Waals surface area contributed by atoms with E-state index in [1.807, 2.05) is 0 Å². The Morgan fingerprint density at radius 3 is 2.71 bits per heavy atom. The van der Waals surface area contributed by atoms with Crippen molar-refractivity contribution in [2.45, 2.75) is 38.2 Å². The molecule has 1 fully saturated rings. The van der Waals surface area contributed by atoms with Gasteiger partial charge in [0.2, 0.25) is 0 Å². The normalized spacial score (nSPS) is 31.9. The van der Waals surface area contributed by atoms with Crippen LogP contribution in [0.2, 0.25) is 0 Å². The number of Topliss-reactive ketones (excluding diaryl/α,β-unsaturated/α-hetero) is 1. The molecule has 90 valence electrons. The lowest BCUT2D eigenvalue weighted by atomic mass is 9.70. The molecule has 0 aromatic heterocycles. The van der Waals surface area contributed by atoms with Gasteiger partial charge in [0, 0.05) is 11.0 Å². The van der Waals surface area contributed by atoms with Crippen molar-refractivity contribution in [1.82, 2.24) is 0 Å². The van der Waals surface area contributed by atoms with Crippen molar-refractivity contribution >= 4 is 5.78 Å². The number of aliphatic hydroxyl groups excluding tert-OH is 1. The Balaban J connectivity index is 1.96. The molecule has 3 rings (SSSR count). The largest absolute Gasteiger partial charge is 0.393 e. The van der Waals surface area contributed by atoms with Crippen molar-refractivity contribution in [3.63, 3.8) is 0 Å². The SMILES string of the molecule is O=C1c2cc(F)ccc2CC12CCC(O)CC2. The number of hydrogen-bond donors (Lipinski definition) is 1. The van der Waals surface area contributed by atoms with Crippen molar-refractivity contribution < 1.29 is 14.3 Å². The van der Waals surface area contributed by atoms with Crippen LogP contribution < -0.4 is 0 Å². The first-order valence-corrected chi connectivity index (χ1v) is 6.12. The highest BCUT2D eigenvalue weighted by Crippen LogP contribution is 2.47. The summed E-state index contributed by atoms with van der Waals surface area (Å²) in [5, 5.41) is 9.53. The average molecular weight is 234 g/mol. The standard InChI is InChI=1S/C14H15FO2/c15-10-2-1-9-8-14(13(17)12(9)7-10)5-3-11(16)4-6-14/h1-2,7,11,16H,3-6,8H2. The van der Waals surface area contributed by atoms with Crippen LogP contribution in [0.3, 0.4) is 0 Å². The van der Waals surface area contributed by atoms with E-state index >= 15 is 0 Å². The number of halogens is 1. The lowest BCUT2D eigenvalue weighted by molar-refractivity contribution is 0.0513. The van der Waals surface area contributed by atoms with E-state index in [9.17, 15) is 14.3 Å². The van der Waals surface area contributed by atoms with E-state index in [-0.39, 0.29) is 23.1 Å². The number of rotatable bonds is 0. The molecule has 0 bridgehead atoms. The molecule has 0 aliphatic heterocycles. The molecule has 2 aliphatic rings. The van der Waals surface area contributed by atoms with Gasteiger partial charge >= 0.3 is 0 Å². The van der Waals surface area contributed by atoms with Crippen LogP contribution in [0.4, 0.5) is 4.39 Å². The molecule has 1 N–H and O–H groups in total. The summed E-state index contributed by atoms with van der Waals surface area (Å²) in [5.74, 6) is -0.260. The maximum Gasteiger partial charge on any atom is 0.169 e. The molecule has 0 atom stereocenters. The van der Waals surface area contributed by atoms with Gasteiger partial charge in [-0.05, 0) is 49.8 Å². The summed E-state index contributed by atoms with van der Waals surface area (Å²) >= 11 is 0. The summed E-state index contributed by atoms with van der Waals surface area (Å²) in [5.41, 5.74) is 1.17. The zero-order valence-corrected chi connectivity index (χ0v) is 9.58. The molecule has 0 radical (unpaired) electrons. The first kappa shape index (κ1) is 10.9. The lowest BCUT2D eigenvalue weighted by Crippen LogP contribution is -2.34. The second kappa shape index (κ2) is 3.64. The Kier molecular flexibility index (Phi) is 2.33. The van der Waals surface area contributed by atoms with E-state index in [1.54, 1.807) is 6.07 Å². The van der Waals surface area contributed by atoms with Gasteiger partial charge in [-0.25, -0.2) is 4.39 Å². The Morgan fingerprint density at radius 1 is 1.29 bits per heavy atom. The third kappa shape index (κ3) is 1.61. The van der Waals surface area contributed by atoms with E-state index in [0.29, 0.717) is 24.8 Å². The molecule has 0 amide bonds. The summed E-state index contributed by atoms with van der Waals surface area (Å²) in [4.78, 5) is 12.4. The van der Waals surface area contributed by atoms with Crippen LogP contribution in [-0.2, 0) is 6.42 Å². The van der Waals surface area contributed by atoms with Gasteiger partial charge < -0.3 is 5.11 Å². The predicted octanol–water partition coefficient (Wildman–Crippen LogP) is 2.49. The molecule has 1 saturated carbocycles. The highest BCUT2D eigenvalue weighted by molar-refractivity contribution is 6.05. The molecule has 17 heavy (non-hydrogen) atoms. The fourth-order valence-corrected chi connectivity index (χ4v) is 3.20. The van der Waals surface area contributed by atoms with Gasteiger partial charge in [-0.2, -0.15) is 0 Å². The zero-order valence-electron chi connectivity index (χ0n) is 9.58. The van der Waals surface area contributed by atoms with Crippen LogP contribution in [0.5, 0.6) is 0 Å². The van der Waals surface area contributed by atoms with E-state index in [1.165, 1.54) is 12.1 Å². The number of fused-ring (bicyclic) bond motifs is 1. The Labute approximate surface area is 99.5 Å². The van der Waals surface area contributed by atoms with Gasteiger partial charge in [0.1, 0.15) is 5.82 Å². The van der Waals surface area contributed by atoms with Gasteiger partial charge in [-0.15, -0.1) is 0 Å². The van der Waals surface area contributed by atoms with Gasteiger partial charge in [0.05, 0.1) is 6.10 Å². The number of carbonyl (C=O) groups excluding carboxylic acids is 1. The van der Waals surface area contributed by atoms with Crippen LogP contribution in [0.25, 0.3) is 0 Å². The molecule has 1 aromatic rings. The monoisotopic (exact) mass is 234 g/mol. The fourth-order valence-electron chi connectivity index (χ4n) is 3.20. The maximum absolute atomic E-state index is 13.2. The second-order valence-corrected chi connectivity index (χ2v) is 5.32. The van der Waals surface area contributed by atoms with Crippen molar-refractivity contribution in [1.29, 1.82) is 0 Å². The number of aliphatic hydroxyl groups is 1. The van der Waals surface area contributed by atoms with Crippen LogP contribution in [0.15, 0.2) is 18.2 Å². The van der Waals surface area contributed by atoms with Crippen molar-refractivity contribution in [3.05, 3.63) is 35.1 Å². The average Bonchev–Trinajstić information content (AvgIpc) is 2.58. The Hall–Kier alpha value is -1.22. The number of hydrogen-bond acceptors (Lipinski definition) is 2. The molecule has 1 spiro atoms. The smallest absolute Gasteiger partial charge is 0.169 e. The van der Waals surface area contributed by atoms with Crippen LogP contribution >= 0.6 is 0 Å². The molecular weight excluding hydrogens is 219 g/mol. The van der Waals surface area contributed by atoms with Gasteiger partial charge in [-0.1, -0.05) is 6.07 Å².